The van der Waals surface area contributed by atoms with Gasteiger partial charge in [-0.25, -0.2) is 4.79 Å². The van der Waals surface area contributed by atoms with Crippen molar-refractivity contribution in [3.05, 3.63) is 29.8 Å². The highest BCUT2D eigenvalue weighted by molar-refractivity contribution is 5.68. The van der Waals surface area contributed by atoms with Crippen LogP contribution in [0.4, 0.5) is 4.79 Å². The maximum atomic E-state index is 11.7. The number of carbonyl (C=O) groups excluding carboxylic acids is 1. The Labute approximate surface area is 139 Å². The molecule has 1 aromatic carbocycles. The van der Waals surface area contributed by atoms with Crippen LogP contribution in [0.2, 0.25) is 0 Å². The van der Waals surface area contributed by atoms with Gasteiger partial charge in [-0.15, -0.1) is 0 Å². The zero-order valence-corrected chi connectivity index (χ0v) is 15.1. The Kier molecular flexibility index (Phi) is 7.36. The van der Waals surface area contributed by atoms with Crippen molar-refractivity contribution in [3.8, 4) is 5.75 Å². The summed E-state index contributed by atoms with van der Waals surface area (Å²) in [5, 5.41) is 6.24. The number of alkyl carbamates (subject to hydrolysis) is 1. The number of rotatable bonds is 7. The molecule has 0 aliphatic carbocycles. The Hall–Kier alpha value is -1.75. The first-order valence-electron chi connectivity index (χ1n) is 8.17. The Bertz CT molecular complexity index is 497. The van der Waals surface area contributed by atoms with E-state index in [9.17, 15) is 4.79 Å². The van der Waals surface area contributed by atoms with Crippen molar-refractivity contribution in [2.45, 2.75) is 59.2 Å². The molecule has 0 aliphatic heterocycles. The quantitative estimate of drug-likeness (QED) is 0.804. The molecule has 1 amide bonds. The highest BCUT2D eigenvalue weighted by Gasteiger charge is 2.18. The third-order valence-corrected chi connectivity index (χ3v) is 3.18. The number of para-hydroxylation sites is 1. The van der Waals surface area contributed by atoms with Gasteiger partial charge in [0.05, 0.1) is 6.61 Å². The summed E-state index contributed by atoms with van der Waals surface area (Å²) in [4.78, 5) is 11.7. The smallest absolute Gasteiger partial charge is 0.407 e. The molecule has 1 rings (SSSR count). The van der Waals surface area contributed by atoms with Crippen molar-refractivity contribution >= 4 is 6.09 Å². The third kappa shape index (κ3) is 7.37. The molecule has 2 atom stereocenters. The van der Waals surface area contributed by atoms with Crippen LogP contribution in [-0.4, -0.2) is 30.9 Å². The number of nitrogens with one attached hydrogen (secondary N) is 2. The molecule has 0 saturated carbocycles. The lowest BCUT2D eigenvalue weighted by Crippen LogP contribution is -2.43. The van der Waals surface area contributed by atoms with Gasteiger partial charge in [0.15, 0.2) is 0 Å². The monoisotopic (exact) mass is 322 g/mol. The second kappa shape index (κ2) is 8.77. The Morgan fingerprint density at radius 1 is 1.22 bits per heavy atom. The van der Waals surface area contributed by atoms with E-state index in [1.165, 1.54) is 0 Å². The zero-order chi connectivity index (χ0) is 17.5. The van der Waals surface area contributed by atoms with Gasteiger partial charge in [-0.3, -0.25) is 0 Å². The molecule has 0 fully saturated rings. The summed E-state index contributed by atoms with van der Waals surface area (Å²) >= 11 is 0. The zero-order valence-electron chi connectivity index (χ0n) is 15.1. The fraction of sp³-hybridized carbons (Fsp3) is 0.611. The fourth-order valence-corrected chi connectivity index (χ4v) is 2.15. The molecule has 23 heavy (non-hydrogen) atoms. The topological polar surface area (TPSA) is 59.6 Å². The molecular formula is C18H30N2O3. The molecule has 0 spiro atoms. The van der Waals surface area contributed by atoms with Crippen LogP contribution in [0.1, 0.15) is 53.1 Å². The van der Waals surface area contributed by atoms with E-state index < -0.39 is 11.7 Å². The number of benzene rings is 1. The van der Waals surface area contributed by atoms with Crippen molar-refractivity contribution in [3.63, 3.8) is 0 Å². The Morgan fingerprint density at radius 3 is 2.48 bits per heavy atom. The Balaban J connectivity index is 2.49. The largest absolute Gasteiger partial charge is 0.494 e. The molecule has 0 saturated heterocycles. The van der Waals surface area contributed by atoms with E-state index >= 15 is 0 Å². The molecule has 130 valence electrons. The maximum Gasteiger partial charge on any atom is 0.407 e. The van der Waals surface area contributed by atoms with Gasteiger partial charge < -0.3 is 20.1 Å². The van der Waals surface area contributed by atoms with Crippen molar-refractivity contribution in [1.82, 2.24) is 10.6 Å². The highest BCUT2D eigenvalue weighted by Crippen LogP contribution is 2.24. The standard InChI is InChI=1S/C18H30N2O3/c1-7-22-16-11-9-8-10-15(16)14(3)19-12-13(2)20-17(21)23-18(4,5)6/h8-11,13-14,19H,7,12H2,1-6H3,(H,20,21). The SMILES string of the molecule is CCOc1ccccc1C(C)NCC(C)NC(=O)OC(C)(C)C. The second-order valence-electron chi connectivity index (χ2n) is 6.65. The van der Waals surface area contributed by atoms with Gasteiger partial charge in [-0.05, 0) is 47.6 Å². The van der Waals surface area contributed by atoms with E-state index in [0.29, 0.717) is 13.2 Å². The summed E-state index contributed by atoms with van der Waals surface area (Å²) in [6.07, 6.45) is -0.394. The van der Waals surface area contributed by atoms with Crippen LogP contribution in [0, 0.1) is 0 Å². The lowest BCUT2D eigenvalue weighted by molar-refractivity contribution is 0.0507. The van der Waals surface area contributed by atoms with Gasteiger partial charge in [-0.2, -0.15) is 0 Å². The molecule has 5 heteroatoms. The summed E-state index contributed by atoms with van der Waals surface area (Å²) in [5.74, 6) is 0.891. The number of hydrogen-bond donors (Lipinski definition) is 2. The summed E-state index contributed by atoms with van der Waals surface area (Å²) in [6, 6.07) is 8.08. The van der Waals surface area contributed by atoms with E-state index in [1.807, 2.05) is 52.8 Å². The van der Waals surface area contributed by atoms with Crippen molar-refractivity contribution in [1.29, 1.82) is 0 Å². The predicted octanol–water partition coefficient (Wildman–Crippen LogP) is 3.65. The van der Waals surface area contributed by atoms with Gasteiger partial charge in [0, 0.05) is 24.2 Å². The van der Waals surface area contributed by atoms with Crippen molar-refractivity contribution in [2.24, 2.45) is 0 Å². The number of hydrogen-bond acceptors (Lipinski definition) is 4. The average Bonchev–Trinajstić information content (AvgIpc) is 2.43. The molecule has 2 unspecified atom stereocenters. The fourth-order valence-electron chi connectivity index (χ4n) is 2.15. The van der Waals surface area contributed by atoms with Gasteiger partial charge >= 0.3 is 6.09 Å². The normalized spacial score (nSPS) is 14.0. The van der Waals surface area contributed by atoms with Gasteiger partial charge in [0.1, 0.15) is 11.4 Å². The minimum Gasteiger partial charge on any atom is -0.494 e. The molecule has 0 aromatic heterocycles. The molecule has 0 bridgehead atoms. The van der Waals surface area contributed by atoms with Crippen LogP contribution in [0.15, 0.2) is 24.3 Å². The van der Waals surface area contributed by atoms with E-state index in [2.05, 4.69) is 23.6 Å². The van der Waals surface area contributed by atoms with Crippen LogP contribution in [0.25, 0.3) is 0 Å². The molecule has 1 aromatic rings. The minimum atomic E-state index is -0.485. The van der Waals surface area contributed by atoms with Crippen LogP contribution < -0.4 is 15.4 Å². The van der Waals surface area contributed by atoms with Crippen molar-refractivity contribution < 1.29 is 14.3 Å². The lowest BCUT2D eigenvalue weighted by Gasteiger charge is -2.23. The molecule has 0 heterocycles. The number of amides is 1. The Morgan fingerprint density at radius 2 is 1.87 bits per heavy atom. The number of ether oxygens (including phenoxy) is 2. The minimum absolute atomic E-state index is 0.0356. The second-order valence-corrected chi connectivity index (χ2v) is 6.65. The van der Waals surface area contributed by atoms with Gasteiger partial charge in [0.25, 0.3) is 0 Å². The van der Waals surface area contributed by atoms with E-state index in [1.54, 1.807) is 0 Å². The van der Waals surface area contributed by atoms with Crippen LogP contribution in [-0.2, 0) is 4.74 Å². The lowest BCUT2D eigenvalue weighted by atomic mass is 10.1. The first kappa shape index (κ1) is 19.3. The van der Waals surface area contributed by atoms with E-state index in [4.69, 9.17) is 9.47 Å². The first-order chi connectivity index (χ1) is 10.7. The van der Waals surface area contributed by atoms with E-state index in [-0.39, 0.29) is 12.1 Å². The van der Waals surface area contributed by atoms with Crippen molar-refractivity contribution in [2.75, 3.05) is 13.2 Å². The van der Waals surface area contributed by atoms with Gasteiger partial charge in [-0.1, -0.05) is 18.2 Å². The highest BCUT2D eigenvalue weighted by atomic mass is 16.6. The van der Waals surface area contributed by atoms with E-state index in [0.717, 1.165) is 11.3 Å². The molecular weight excluding hydrogens is 292 g/mol. The summed E-state index contributed by atoms with van der Waals surface area (Å²) < 4.78 is 10.9. The number of carbonyl (C=O) groups is 1. The summed E-state index contributed by atoms with van der Waals surface area (Å²) in [7, 11) is 0. The third-order valence-electron chi connectivity index (χ3n) is 3.18. The van der Waals surface area contributed by atoms with Gasteiger partial charge in [0.2, 0.25) is 0 Å². The molecule has 0 radical (unpaired) electrons. The molecule has 5 nitrogen and oxygen atoms in total. The summed E-state index contributed by atoms with van der Waals surface area (Å²) in [6.45, 7) is 12.8. The van der Waals surface area contributed by atoms with Crippen LogP contribution >= 0.6 is 0 Å². The maximum absolute atomic E-state index is 11.7. The predicted molar refractivity (Wildman–Crippen MR) is 92.9 cm³/mol. The summed E-state index contributed by atoms with van der Waals surface area (Å²) in [5.41, 5.74) is 0.625. The van der Waals surface area contributed by atoms with Crippen LogP contribution in [0.5, 0.6) is 5.75 Å². The van der Waals surface area contributed by atoms with Crippen LogP contribution in [0.3, 0.4) is 0 Å². The molecule has 2 N–H and O–H groups in total. The average molecular weight is 322 g/mol. The first-order valence-corrected chi connectivity index (χ1v) is 8.17. The molecule has 0 aliphatic rings.